The van der Waals surface area contributed by atoms with Crippen molar-refractivity contribution in [1.29, 1.82) is 0 Å². The number of nitrogens with one attached hydrogen (secondary N) is 1. The van der Waals surface area contributed by atoms with Crippen LogP contribution in [0.25, 0.3) is 11.4 Å². The summed E-state index contributed by atoms with van der Waals surface area (Å²) in [6, 6.07) is 15.8. The molecule has 2 aromatic carbocycles. The zero-order valence-electron chi connectivity index (χ0n) is 14.4. The van der Waals surface area contributed by atoms with Gasteiger partial charge in [0.25, 0.3) is 0 Å². The first kappa shape index (κ1) is 16.8. The third-order valence-electron chi connectivity index (χ3n) is 4.03. The second-order valence-corrected chi connectivity index (χ2v) is 5.75. The molecule has 3 aromatic rings. The van der Waals surface area contributed by atoms with E-state index >= 15 is 0 Å². The Morgan fingerprint density at radius 1 is 1.04 bits per heavy atom. The summed E-state index contributed by atoms with van der Waals surface area (Å²) in [7, 11) is 0. The smallest absolute Gasteiger partial charge is 0.248 e. The van der Waals surface area contributed by atoms with Crippen molar-refractivity contribution in [3.63, 3.8) is 0 Å². The lowest BCUT2D eigenvalue weighted by molar-refractivity contribution is -0.117. The van der Waals surface area contributed by atoms with Gasteiger partial charge in [0.1, 0.15) is 6.54 Å². The summed E-state index contributed by atoms with van der Waals surface area (Å²) in [5.74, 6) is 0.343. The van der Waals surface area contributed by atoms with Gasteiger partial charge >= 0.3 is 0 Å². The molecule has 1 amide bonds. The molecule has 0 spiro atoms. The van der Waals surface area contributed by atoms with Gasteiger partial charge in [-0.15, -0.1) is 10.2 Å². The summed E-state index contributed by atoms with van der Waals surface area (Å²) >= 11 is 0. The summed E-state index contributed by atoms with van der Waals surface area (Å²) < 4.78 is 0. The monoisotopic (exact) mass is 335 g/mol. The third kappa shape index (κ3) is 4.09. The molecular weight excluding hydrogens is 314 g/mol. The largest absolute Gasteiger partial charge is 0.324 e. The number of aryl methyl sites for hydroxylation is 2. The minimum absolute atomic E-state index is 0.0259. The highest BCUT2D eigenvalue weighted by atomic mass is 16.2. The fourth-order valence-corrected chi connectivity index (χ4v) is 2.58. The van der Waals surface area contributed by atoms with E-state index in [9.17, 15) is 4.79 Å². The molecule has 6 heteroatoms. The fourth-order valence-electron chi connectivity index (χ4n) is 2.58. The van der Waals surface area contributed by atoms with Gasteiger partial charge < -0.3 is 5.32 Å². The van der Waals surface area contributed by atoms with Crippen molar-refractivity contribution < 1.29 is 4.79 Å². The second-order valence-electron chi connectivity index (χ2n) is 5.75. The average molecular weight is 335 g/mol. The molecule has 0 saturated heterocycles. The Balaban J connectivity index is 1.67. The topological polar surface area (TPSA) is 72.7 Å². The van der Waals surface area contributed by atoms with Gasteiger partial charge in [-0.05, 0) is 35.2 Å². The number of hydrogen-bond acceptors (Lipinski definition) is 4. The maximum atomic E-state index is 12.2. The van der Waals surface area contributed by atoms with Gasteiger partial charge in [-0.2, -0.15) is 4.80 Å². The molecular formula is C19H21N5O. The SMILES string of the molecule is CCc1ccc(-c2nnn(CC(=O)Nc3ccccc3CC)n2)cc1. The molecule has 0 aliphatic heterocycles. The maximum absolute atomic E-state index is 12.2. The maximum Gasteiger partial charge on any atom is 0.248 e. The molecule has 0 fully saturated rings. The molecule has 1 heterocycles. The standard InChI is InChI=1S/C19H21N5O/c1-3-14-9-11-16(12-10-14)19-21-23-24(22-19)13-18(25)20-17-8-6-5-7-15(17)4-2/h5-12H,3-4,13H2,1-2H3,(H,20,25). The molecule has 25 heavy (non-hydrogen) atoms. The Bertz CT molecular complexity index is 854. The van der Waals surface area contributed by atoms with Crippen molar-refractivity contribution in [2.24, 2.45) is 0 Å². The fraction of sp³-hybridized carbons (Fsp3) is 0.263. The summed E-state index contributed by atoms with van der Waals surface area (Å²) in [6.45, 7) is 4.19. The number of anilines is 1. The first-order chi connectivity index (χ1) is 12.2. The van der Waals surface area contributed by atoms with Crippen LogP contribution >= 0.6 is 0 Å². The van der Waals surface area contributed by atoms with E-state index in [1.807, 2.05) is 48.5 Å². The molecule has 0 aliphatic rings. The predicted molar refractivity (Wildman–Crippen MR) is 97.1 cm³/mol. The number of benzene rings is 2. The summed E-state index contributed by atoms with van der Waals surface area (Å²) in [6.07, 6.45) is 1.84. The summed E-state index contributed by atoms with van der Waals surface area (Å²) in [5, 5.41) is 15.2. The quantitative estimate of drug-likeness (QED) is 0.751. The number of hydrogen-bond donors (Lipinski definition) is 1. The van der Waals surface area contributed by atoms with E-state index in [0.717, 1.165) is 29.7 Å². The van der Waals surface area contributed by atoms with Crippen LogP contribution in [0.3, 0.4) is 0 Å². The zero-order chi connectivity index (χ0) is 17.6. The Labute approximate surface area is 146 Å². The van der Waals surface area contributed by atoms with Gasteiger partial charge in [-0.25, -0.2) is 0 Å². The van der Waals surface area contributed by atoms with Crippen LogP contribution in [0, 0.1) is 0 Å². The average Bonchev–Trinajstić information content (AvgIpc) is 3.10. The normalized spacial score (nSPS) is 10.6. The number of rotatable bonds is 6. The number of para-hydroxylation sites is 1. The van der Waals surface area contributed by atoms with Crippen LogP contribution in [0.2, 0.25) is 0 Å². The van der Waals surface area contributed by atoms with Gasteiger partial charge in [0.05, 0.1) is 0 Å². The molecule has 128 valence electrons. The molecule has 0 aliphatic carbocycles. The third-order valence-corrected chi connectivity index (χ3v) is 4.03. The van der Waals surface area contributed by atoms with E-state index in [1.165, 1.54) is 10.4 Å². The lowest BCUT2D eigenvalue weighted by atomic mass is 10.1. The van der Waals surface area contributed by atoms with Gasteiger partial charge in [0.2, 0.25) is 11.7 Å². The zero-order valence-corrected chi connectivity index (χ0v) is 14.4. The van der Waals surface area contributed by atoms with E-state index in [1.54, 1.807) is 0 Å². The molecule has 1 aromatic heterocycles. The van der Waals surface area contributed by atoms with Crippen LogP contribution in [-0.2, 0) is 24.2 Å². The molecule has 0 unspecified atom stereocenters. The van der Waals surface area contributed by atoms with E-state index in [-0.39, 0.29) is 12.5 Å². The van der Waals surface area contributed by atoms with Gasteiger partial charge in [0.15, 0.2) is 0 Å². The number of aromatic nitrogens is 4. The van der Waals surface area contributed by atoms with Crippen LogP contribution in [0.1, 0.15) is 25.0 Å². The van der Waals surface area contributed by atoms with E-state index in [0.29, 0.717) is 5.82 Å². The highest BCUT2D eigenvalue weighted by molar-refractivity contribution is 5.91. The van der Waals surface area contributed by atoms with Crippen molar-refractivity contribution in [2.75, 3.05) is 5.32 Å². The predicted octanol–water partition coefficient (Wildman–Crippen LogP) is 3.10. The van der Waals surface area contributed by atoms with Crippen LogP contribution < -0.4 is 5.32 Å². The van der Waals surface area contributed by atoms with Crippen LogP contribution in [-0.4, -0.2) is 26.1 Å². The Morgan fingerprint density at radius 3 is 2.52 bits per heavy atom. The van der Waals surface area contributed by atoms with Gasteiger partial charge in [0, 0.05) is 11.3 Å². The number of carbonyl (C=O) groups is 1. The van der Waals surface area contributed by atoms with Crippen LogP contribution in [0.15, 0.2) is 48.5 Å². The minimum atomic E-state index is -0.175. The van der Waals surface area contributed by atoms with E-state index in [4.69, 9.17) is 0 Å². The lowest BCUT2D eigenvalue weighted by Gasteiger charge is -2.08. The number of tetrazole rings is 1. The first-order valence-electron chi connectivity index (χ1n) is 8.44. The molecule has 1 N–H and O–H groups in total. The second kappa shape index (κ2) is 7.70. The Morgan fingerprint density at radius 2 is 1.80 bits per heavy atom. The highest BCUT2D eigenvalue weighted by Crippen LogP contribution is 2.16. The molecule has 0 bridgehead atoms. The molecule has 0 radical (unpaired) electrons. The molecule has 6 nitrogen and oxygen atoms in total. The van der Waals surface area contributed by atoms with Gasteiger partial charge in [-0.3, -0.25) is 4.79 Å². The molecule has 0 saturated carbocycles. The lowest BCUT2D eigenvalue weighted by Crippen LogP contribution is -2.21. The Hall–Kier alpha value is -3.02. The van der Waals surface area contributed by atoms with Gasteiger partial charge in [-0.1, -0.05) is 56.3 Å². The van der Waals surface area contributed by atoms with Crippen molar-refractivity contribution in [2.45, 2.75) is 33.2 Å². The highest BCUT2D eigenvalue weighted by Gasteiger charge is 2.10. The number of nitrogens with zero attached hydrogens (tertiary/aromatic N) is 4. The first-order valence-corrected chi connectivity index (χ1v) is 8.44. The molecule has 0 atom stereocenters. The van der Waals surface area contributed by atoms with Crippen molar-refractivity contribution in [3.8, 4) is 11.4 Å². The number of carbonyl (C=O) groups excluding carboxylic acids is 1. The summed E-state index contributed by atoms with van der Waals surface area (Å²) in [4.78, 5) is 13.6. The Kier molecular flexibility index (Phi) is 5.18. The van der Waals surface area contributed by atoms with Crippen molar-refractivity contribution in [1.82, 2.24) is 20.2 Å². The number of amides is 1. The van der Waals surface area contributed by atoms with E-state index < -0.39 is 0 Å². The summed E-state index contributed by atoms with van der Waals surface area (Å²) in [5.41, 5.74) is 4.06. The van der Waals surface area contributed by atoms with Crippen molar-refractivity contribution >= 4 is 11.6 Å². The molecule has 3 rings (SSSR count). The van der Waals surface area contributed by atoms with Crippen LogP contribution in [0.5, 0.6) is 0 Å². The van der Waals surface area contributed by atoms with E-state index in [2.05, 4.69) is 34.6 Å². The van der Waals surface area contributed by atoms with Crippen molar-refractivity contribution in [3.05, 3.63) is 59.7 Å². The minimum Gasteiger partial charge on any atom is -0.324 e. The van der Waals surface area contributed by atoms with Crippen LogP contribution in [0.4, 0.5) is 5.69 Å².